The molecule has 0 saturated carbocycles. The number of hydrogen-bond donors (Lipinski definition) is 0. The van der Waals surface area contributed by atoms with Crippen LogP contribution in [-0.2, 0) is 43.4 Å². The highest BCUT2D eigenvalue weighted by Crippen LogP contribution is 2.40. The first-order chi connectivity index (χ1) is 20.9. The molecule has 1 aliphatic rings. The second-order valence-corrected chi connectivity index (χ2v) is 14.9. The second kappa shape index (κ2) is 11.6. The first kappa shape index (κ1) is 34.7. The summed E-state index contributed by atoms with van der Waals surface area (Å²) in [6.45, 7) is 2.68. The van der Waals surface area contributed by atoms with Gasteiger partial charge in [-0.25, -0.2) is 26.5 Å². The number of halogens is 6. The largest absolute Gasteiger partial charge is 0.417 e. The van der Waals surface area contributed by atoms with Gasteiger partial charge in [-0.05, 0) is 49.7 Å². The van der Waals surface area contributed by atoms with Crippen molar-refractivity contribution in [2.75, 3.05) is 24.0 Å². The molecule has 1 saturated heterocycles. The molecule has 248 valence electrons. The molecule has 1 aliphatic heterocycles. The molecular formula is C28H26F6N4O6S2. The van der Waals surface area contributed by atoms with E-state index in [-0.39, 0.29) is 24.2 Å². The number of urea groups is 1. The number of anilines is 1. The number of benzene rings is 2. The normalized spacial score (nSPS) is 16.2. The third-order valence-electron chi connectivity index (χ3n) is 7.15. The molecule has 0 radical (unpaired) electrons. The maximum Gasteiger partial charge on any atom is 0.417 e. The number of hydrogen-bond acceptors (Lipinski definition) is 7. The van der Waals surface area contributed by atoms with E-state index in [2.05, 4.69) is 5.10 Å². The van der Waals surface area contributed by atoms with E-state index < -0.39 is 76.1 Å². The van der Waals surface area contributed by atoms with Crippen molar-refractivity contribution in [3.05, 3.63) is 72.1 Å². The predicted octanol–water partition coefficient (Wildman–Crippen LogP) is 5.20. The van der Waals surface area contributed by atoms with Gasteiger partial charge in [-0.15, -0.1) is 0 Å². The highest BCUT2D eigenvalue weighted by atomic mass is 32.2. The lowest BCUT2D eigenvalue weighted by Crippen LogP contribution is -2.44. The van der Waals surface area contributed by atoms with Gasteiger partial charge in [-0.1, -0.05) is 18.2 Å². The summed E-state index contributed by atoms with van der Waals surface area (Å²) in [6, 6.07) is 3.92. The van der Waals surface area contributed by atoms with Gasteiger partial charge in [-0.3, -0.25) is 9.48 Å². The smallest absolute Gasteiger partial charge is 0.306 e. The molecule has 1 fully saturated rings. The number of allylic oxidation sites excluding steroid dienone is 1. The van der Waals surface area contributed by atoms with Crippen LogP contribution in [0.4, 0.5) is 36.8 Å². The summed E-state index contributed by atoms with van der Waals surface area (Å²) in [5.41, 5.74) is -4.47. The molecular weight excluding hydrogens is 666 g/mol. The summed E-state index contributed by atoms with van der Waals surface area (Å²) >= 11 is 0. The minimum absolute atomic E-state index is 0.0650. The third kappa shape index (κ3) is 6.81. The van der Waals surface area contributed by atoms with Gasteiger partial charge in [-0.2, -0.15) is 31.4 Å². The average Bonchev–Trinajstić information content (AvgIpc) is 3.45. The van der Waals surface area contributed by atoms with Gasteiger partial charge in [0.25, 0.3) is 5.91 Å². The lowest BCUT2D eigenvalue weighted by Gasteiger charge is -2.26. The first-order valence-electron chi connectivity index (χ1n) is 13.1. The average molecular weight is 693 g/mol. The monoisotopic (exact) mass is 692 g/mol. The summed E-state index contributed by atoms with van der Waals surface area (Å²) in [4.78, 5) is 26.2. The Morgan fingerprint density at radius 3 is 1.85 bits per heavy atom. The van der Waals surface area contributed by atoms with Crippen molar-refractivity contribution in [3.63, 3.8) is 0 Å². The zero-order valence-corrected chi connectivity index (χ0v) is 26.1. The van der Waals surface area contributed by atoms with Crippen LogP contribution in [0.2, 0.25) is 0 Å². The van der Waals surface area contributed by atoms with Gasteiger partial charge in [0.1, 0.15) is 5.54 Å². The molecule has 2 aromatic carbocycles. The Morgan fingerprint density at radius 1 is 0.783 bits per heavy atom. The fourth-order valence-corrected chi connectivity index (χ4v) is 6.58. The van der Waals surface area contributed by atoms with Crippen molar-refractivity contribution in [1.82, 2.24) is 14.7 Å². The fourth-order valence-electron chi connectivity index (χ4n) is 4.80. The molecule has 10 nitrogen and oxygen atoms in total. The maximum absolute atomic E-state index is 13.7. The van der Waals surface area contributed by atoms with Crippen LogP contribution < -0.4 is 4.90 Å². The zero-order chi connectivity index (χ0) is 34.6. The van der Waals surface area contributed by atoms with Crippen molar-refractivity contribution >= 4 is 37.3 Å². The molecule has 46 heavy (non-hydrogen) atoms. The van der Waals surface area contributed by atoms with Gasteiger partial charge in [0.2, 0.25) is 0 Å². The molecule has 0 unspecified atom stereocenters. The Hall–Kier alpha value is -4.19. The summed E-state index contributed by atoms with van der Waals surface area (Å²) < 4.78 is 131. The zero-order valence-electron chi connectivity index (χ0n) is 24.5. The van der Waals surface area contributed by atoms with Crippen molar-refractivity contribution in [3.8, 4) is 11.1 Å². The topological polar surface area (TPSA) is 127 Å². The van der Waals surface area contributed by atoms with Crippen LogP contribution in [0.15, 0.2) is 70.7 Å². The molecule has 0 atom stereocenters. The molecule has 18 heteroatoms. The summed E-state index contributed by atoms with van der Waals surface area (Å²) in [6.07, 6.45) is -3.04. The van der Waals surface area contributed by atoms with Crippen LogP contribution in [-0.4, -0.2) is 68.0 Å². The Balaban J connectivity index is 1.52. The van der Waals surface area contributed by atoms with Crippen LogP contribution in [0.1, 0.15) is 25.0 Å². The highest BCUT2D eigenvalue weighted by molar-refractivity contribution is 7.91. The Morgan fingerprint density at radius 2 is 1.30 bits per heavy atom. The van der Waals surface area contributed by atoms with E-state index in [0.717, 1.165) is 17.0 Å². The summed E-state index contributed by atoms with van der Waals surface area (Å²) in [5, 5.41) is 4.07. The SMILES string of the molecule is CC1(C)C(=O)N(c2ccc(S(C)(=O)=O)c(C(F)(F)F)c2)C(=O)N1CC=CCn1cc(-c2ccc(S(C)(=O)=O)c(C(F)(F)F)c2)cn1. The number of nitrogens with zero attached hydrogens (tertiary/aromatic N) is 4. The minimum Gasteiger partial charge on any atom is -0.306 e. The molecule has 0 spiro atoms. The highest BCUT2D eigenvalue weighted by Gasteiger charge is 2.52. The lowest BCUT2D eigenvalue weighted by molar-refractivity contribution is -0.140. The fraction of sp³-hybridized carbons (Fsp3) is 0.321. The van der Waals surface area contributed by atoms with Gasteiger partial charge < -0.3 is 4.90 Å². The lowest BCUT2D eigenvalue weighted by atomic mass is 10.0. The van der Waals surface area contributed by atoms with Crippen molar-refractivity contribution in [2.45, 2.75) is 48.1 Å². The first-order valence-corrected chi connectivity index (χ1v) is 16.9. The molecule has 1 aromatic heterocycles. The van der Waals surface area contributed by atoms with Crippen LogP contribution in [0, 0.1) is 0 Å². The Bertz CT molecular complexity index is 1970. The molecule has 2 heterocycles. The number of alkyl halides is 6. The van der Waals surface area contributed by atoms with Crippen LogP contribution in [0.5, 0.6) is 0 Å². The van der Waals surface area contributed by atoms with E-state index in [1.807, 2.05) is 0 Å². The van der Waals surface area contributed by atoms with E-state index in [4.69, 9.17) is 0 Å². The molecule has 0 bridgehead atoms. The molecule has 3 aromatic rings. The van der Waals surface area contributed by atoms with Crippen LogP contribution >= 0.6 is 0 Å². The van der Waals surface area contributed by atoms with Gasteiger partial charge in [0, 0.05) is 30.8 Å². The van der Waals surface area contributed by atoms with Gasteiger partial charge in [0.05, 0.1) is 39.3 Å². The number of imide groups is 1. The van der Waals surface area contributed by atoms with E-state index in [0.29, 0.717) is 35.6 Å². The number of amides is 3. The number of sulfone groups is 2. The Labute approximate surface area is 259 Å². The van der Waals surface area contributed by atoms with E-state index in [1.165, 1.54) is 49.1 Å². The molecule has 3 amide bonds. The molecule has 4 rings (SSSR count). The van der Waals surface area contributed by atoms with Gasteiger partial charge in [0.15, 0.2) is 19.7 Å². The minimum atomic E-state index is -5.09. The van der Waals surface area contributed by atoms with Gasteiger partial charge >= 0.3 is 18.4 Å². The van der Waals surface area contributed by atoms with E-state index >= 15 is 0 Å². The third-order valence-corrected chi connectivity index (χ3v) is 9.46. The number of aromatic nitrogens is 2. The standard InChI is InChI=1S/C28H26F6N4O6S2/c1-26(2)24(39)38(19-8-10-23(46(4,43)44)21(14-19)28(32,33)34)25(40)37(26)12-6-5-11-36-16-18(15-35-36)17-7-9-22(45(3,41)42)20(13-17)27(29,30)31/h5-10,13-16H,11-12H2,1-4H3. The summed E-state index contributed by atoms with van der Waals surface area (Å²) in [5.74, 6) is -0.844. The number of rotatable bonds is 8. The second-order valence-electron chi connectivity index (χ2n) is 10.9. The van der Waals surface area contributed by atoms with Crippen LogP contribution in [0.3, 0.4) is 0 Å². The molecule has 0 N–H and O–H groups in total. The van der Waals surface area contributed by atoms with Crippen molar-refractivity contribution in [1.29, 1.82) is 0 Å². The van der Waals surface area contributed by atoms with Crippen LogP contribution in [0.25, 0.3) is 11.1 Å². The quantitative estimate of drug-likeness (QED) is 0.181. The van der Waals surface area contributed by atoms with Crippen molar-refractivity contribution < 1.29 is 52.8 Å². The number of carbonyl (C=O) groups excluding carboxylic acids is 2. The van der Waals surface area contributed by atoms with Crippen molar-refractivity contribution in [2.24, 2.45) is 0 Å². The van der Waals surface area contributed by atoms with E-state index in [9.17, 15) is 52.8 Å². The van der Waals surface area contributed by atoms with E-state index in [1.54, 1.807) is 0 Å². The number of carbonyl (C=O) groups is 2. The summed E-state index contributed by atoms with van der Waals surface area (Å²) in [7, 11) is -8.44. The Kier molecular flexibility index (Phi) is 8.71. The predicted molar refractivity (Wildman–Crippen MR) is 153 cm³/mol. The molecule has 0 aliphatic carbocycles. The maximum atomic E-state index is 13.7.